The van der Waals surface area contributed by atoms with E-state index in [2.05, 4.69) is 0 Å². The van der Waals surface area contributed by atoms with E-state index in [0.717, 1.165) is 0 Å². The molecule has 0 atom stereocenters. The SMILES string of the molecule is NC(=O)c1ccc[n+](-c2c(O)[nH]c(=O)[nH]c2=O)c1. The summed E-state index contributed by atoms with van der Waals surface area (Å²) in [6.45, 7) is 0. The van der Waals surface area contributed by atoms with E-state index in [0.29, 0.717) is 0 Å². The van der Waals surface area contributed by atoms with Crippen molar-refractivity contribution in [2.45, 2.75) is 0 Å². The minimum atomic E-state index is -0.826. The van der Waals surface area contributed by atoms with Crippen LogP contribution in [0.3, 0.4) is 0 Å². The summed E-state index contributed by atoms with van der Waals surface area (Å²) in [6.07, 6.45) is 2.69. The minimum absolute atomic E-state index is 0.155. The zero-order valence-electron chi connectivity index (χ0n) is 9.01. The molecule has 8 heteroatoms. The molecule has 5 N–H and O–H groups in total. The van der Waals surface area contributed by atoms with Crippen molar-refractivity contribution in [1.29, 1.82) is 0 Å². The van der Waals surface area contributed by atoms with Crippen molar-refractivity contribution in [3.05, 3.63) is 50.9 Å². The number of aromatic nitrogens is 3. The van der Waals surface area contributed by atoms with Crippen LogP contribution in [0.5, 0.6) is 5.88 Å². The molecular formula is C10H9N4O4+. The molecule has 18 heavy (non-hydrogen) atoms. The van der Waals surface area contributed by atoms with Crippen molar-refractivity contribution < 1.29 is 14.5 Å². The van der Waals surface area contributed by atoms with Crippen LogP contribution in [0.1, 0.15) is 10.4 Å². The van der Waals surface area contributed by atoms with Gasteiger partial charge in [-0.1, -0.05) is 0 Å². The largest absolute Gasteiger partial charge is 0.490 e. The summed E-state index contributed by atoms with van der Waals surface area (Å²) >= 11 is 0. The first-order valence-corrected chi connectivity index (χ1v) is 4.86. The Bertz CT molecular complexity index is 731. The van der Waals surface area contributed by atoms with Gasteiger partial charge in [0.1, 0.15) is 5.56 Å². The molecule has 0 aliphatic heterocycles. The van der Waals surface area contributed by atoms with Crippen LogP contribution in [0.2, 0.25) is 0 Å². The van der Waals surface area contributed by atoms with Crippen molar-refractivity contribution in [3.8, 4) is 11.6 Å². The van der Waals surface area contributed by atoms with Crippen molar-refractivity contribution in [1.82, 2.24) is 9.97 Å². The van der Waals surface area contributed by atoms with E-state index in [1.165, 1.54) is 29.1 Å². The Morgan fingerprint density at radius 1 is 1.33 bits per heavy atom. The Balaban J connectivity index is 2.70. The number of H-pyrrole nitrogens is 2. The summed E-state index contributed by atoms with van der Waals surface area (Å²) in [5.41, 5.74) is 3.43. The van der Waals surface area contributed by atoms with Gasteiger partial charge >= 0.3 is 16.9 Å². The van der Waals surface area contributed by atoms with Crippen LogP contribution in [-0.2, 0) is 0 Å². The first kappa shape index (κ1) is 11.6. The van der Waals surface area contributed by atoms with Crippen LogP contribution in [0.4, 0.5) is 0 Å². The lowest BCUT2D eigenvalue weighted by Gasteiger charge is -1.98. The number of hydrogen-bond donors (Lipinski definition) is 4. The van der Waals surface area contributed by atoms with E-state index in [-0.39, 0.29) is 11.3 Å². The fourth-order valence-corrected chi connectivity index (χ4v) is 1.47. The number of primary amides is 1. The minimum Gasteiger partial charge on any atom is -0.490 e. The fraction of sp³-hybridized carbons (Fsp3) is 0. The van der Waals surface area contributed by atoms with Gasteiger partial charge in [-0.05, 0) is 6.07 Å². The molecule has 0 saturated carbocycles. The molecule has 0 fully saturated rings. The molecule has 0 bridgehead atoms. The number of carbonyl (C=O) groups excluding carboxylic acids is 1. The number of nitrogens with two attached hydrogens (primary N) is 1. The zero-order chi connectivity index (χ0) is 13.3. The van der Waals surface area contributed by atoms with Crippen molar-refractivity contribution in [2.24, 2.45) is 5.73 Å². The van der Waals surface area contributed by atoms with E-state index < -0.39 is 23.0 Å². The molecule has 1 amide bonds. The number of rotatable bonds is 2. The molecule has 0 saturated heterocycles. The van der Waals surface area contributed by atoms with Gasteiger partial charge in [-0.2, -0.15) is 4.57 Å². The molecule has 92 valence electrons. The Morgan fingerprint density at radius 2 is 2.06 bits per heavy atom. The average Bonchev–Trinajstić information content (AvgIpc) is 2.28. The van der Waals surface area contributed by atoms with Crippen molar-refractivity contribution in [3.63, 3.8) is 0 Å². The number of nitrogens with zero attached hydrogens (tertiary/aromatic N) is 1. The maximum absolute atomic E-state index is 11.6. The van der Waals surface area contributed by atoms with E-state index in [1.807, 2.05) is 9.97 Å². The number of nitrogens with one attached hydrogen (secondary N) is 2. The van der Waals surface area contributed by atoms with Crippen LogP contribution in [0, 0.1) is 0 Å². The van der Waals surface area contributed by atoms with E-state index in [9.17, 15) is 19.5 Å². The highest BCUT2D eigenvalue weighted by Gasteiger charge is 2.20. The van der Waals surface area contributed by atoms with Gasteiger partial charge in [-0.3, -0.25) is 19.6 Å². The van der Waals surface area contributed by atoms with Crippen LogP contribution in [0.25, 0.3) is 5.69 Å². The van der Waals surface area contributed by atoms with Crippen molar-refractivity contribution in [2.75, 3.05) is 0 Å². The second-order valence-electron chi connectivity index (χ2n) is 3.47. The highest BCUT2D eigenvalue weighted by atomic mass is 16.3. The van der Waals surface area contributed by atoms with Gasteiger partial charge < -0.3 is 10.8 Å². The molecule has 8 nitrogen and oxygen atoms in total. The lowest BCUT2D eigenvalue weighted by molar-refractivity contribution is -0.597. The predicted molar refractivity (Wildman–Crippen MR) is 59.4 cm³/mol. The molecule has 0 aromatic carbocycles. The number of hydrogen-bond acceptors (Lipinski definition) is 4. The monoisotopic (exact) mass is 249 g/mol. The van der Waals surface area contributed by atoms with E-state index >= 15 is 0 Å². The molecule has 2 rings (SSSR count). The van der Waals surface area contributed by atoms with Gasteiger partial charge in [0.25, 0.3) is 11.8 Å². The molecular weight excluding hydrogens is 240 g/mol. The van der Waals surface area contributed by atoms with Gasteiger partial charge in [-0.25, -0.2) is 4.79 Å². The van der Waals surface area contributed by atoms with Crippen molar-refractivity contribution >= 4 is 5.91 Å². The molecule has 0 radical (unpaired) electrons. The Hall–Kier alpha value is -2.90. The molecule has 2 heterocycles. The number of pyridine rings is 1. The smallest absolute Gasteiger partial charge is 0.336 e. The summed E-state index contributed by atoms with van der Waals surface area (Å²) in [4.78, 5) is 37.5. The first-order chi connectivity index (χ1) is 8.49. The van der Waals surface area contributed by atoms with E-state index in [4.69, 9.17) is 5.73 Å². The molecule has 0 unspecified atom stereocenters. The Labute approximate surface area is 99.3 Å². The summed E-state index contributed by atoms with van der Waals surface area (Å²) in [6, 6.07) is 2.93. The second-order valence-corrected chi connectivity index (χ2v) is 3.47. The molecule has 2 aromatic rings. The van der Waals surface area contributed by atoms with Gasteiger partial charge in [0.15, 0.2) is 12.4 Å². The predicted octanol–water partition coefficient (Wildman–Crippen LogP) is -1.86. The normalized spacial score (nSPS) is 10.2. The first-order valence-electron chi connectivity index (χ1n) is 4.86. The lowest BCUT2D eigenvalue weighted by Crippen LogP contribution is -2.40. The topological polar surface area (TPSA) is 133 Å². The fourth-order valence-electron chi connectivity index (χ4n) is 1.47. The van der Waals surface area contributed by atoms with Crippen LogP contribution in [0.15, 0.2) is 34.1 Å². The number of carbonyl (C=O) groups is 1. The van der Waals surface area contributed by atoms with Gasteiger partial charge in [0.05, 0.1) is 0 Å². The van der Waals surface area contributed by atoms with Gasteiger partial charge in [0, 0.05) is 6.07 Å². The third kappa shape index (κ3) is 1.98. The van der Waals surface area contributed by atoms with Gasteiger partial charge in [-0.15, -0.1) is 0 Å². The molecule has 2 aromatic heterocycles. The van der Waals surface area contributed by atoms with Crippen LogP contribution < -0.4 is 21.5 Å². The number of aromatic hydroxyl groups is 1. The number of aromatic amines is 2. The summed E-state index contributed by atoms with van der Waals surface area (Å²) in [5.74, 6) is -1.28. The Morgan fingerprint density at radius 3 is 2.67 bits per heavy atom. The summed E-state index contributed by atoms with van der Waals surface area (Å²) in [7, 11) is 0. The zero-order valence-corrected chi connectivity index (χ0v) is 9.01. The summed E-state index contributed by atoms with van der Waals surface area (Å²) in [5, 5.41) is 9.54. The lowest BCUT2D eigenvalue weighted by atomic mass is 10.2. The average molecular weight is 249 g/mol. The molecule has 0 aliphatic rings. The van der Waals surface area contributed by atoms with Gasteiger partial charge in [0.2, 0.25) is 0 Å². The molecule has 0 aliphatic carbocycles. The third-order valence-electron chi connectivity index (χ3n) is 2.24. The quantitative estimate of drug-likeness (QED) is 0.464. The van der Waals surface area contributed by atoms with Crippen LogP contribution >= 0.6 is 0 Å². The maximum atomic E-state index is 11.6. The maximum Gasteiger partial charge on any atom is 0.336 e. The summed E-state index contributed by atoms with van der Waals surface area (Å²) < 4.78 is 1.18. The highest BCUT2D eigenvalue weighted by molar-refractivity contribution is 5.92. The van der Waals surface area contributed by atoms with Crippen LogP contribution in [-0.4, -0.2) is 21.0 Å². The highest BCUT2D eigenvalue weighted by Crippen LogP contribution is 2.04. The standard InChI is InChI=1S/C10H8N4O4/c11-7(15)5-2-1-3-14(4-5)6-8(16)12-10(18)13-9(6)17/h1-4H,(H4-,11,12,13,15,16,17,18)/p+1. The third-order valence-corrected chi connectivity index (χ3v) is 2.24. The number of amides is 1. The second kappa shape index (κ2) is 4.17. The van der Waals surface area contributed by atoms with E-state index in [1.54, 1.807) is 0 Å². The molecule has 0 spiro atoms. The Kier molecular flexibility index (Phi) is 2.68.